The van der Waals surface area contributed by atoms with E-state index in [9.17, 15) is 8.42 Å². The number of aromatic nitrogens is 4. The topological polar surface area (TPSA) is 89.2 Å². The summed E-state index contributed by atoms with van der Waals surface area (Å²) in [5, 5.41) is 3.82. The number of rotatable bonds is 3. The first kappa shape index (κ1) is 15.2. The second-order valence-electron chi connectivity index (χ2n) is 4.47. The molecule has 0 saturated carbocycles. The summed E-state index contributed by atoms with van der Waals surface area (Å²) in [7, 11) is -3.98. The first-order valence-corrected chi connectivity index (χ1v) is 8.68. The SMILES string of the molecule is Cc1cnc2nc(S(=O)(=O)Nc3c(Cl)cccc3Br)nn2c1. The fourth-order valence-electron chi connectivity index (χ4n) is 1.75. The van der Waals surface area contributed by atoms with Gasteiger partial charge >= 0.3 is 0 Å². The van der Waals surface area contributed by atoms with Crippen molar-refractivity contribution in [1.82, 2.24) is 19.6 Å². The molecule has 3 rings (SSSR count). The molecule has 0 saturated heterocycles. The van der Waals surface area contributed by atoms with Crippen molar-refractivity contribution in [2.45, 2.75) is 12.1 Å². The van der Waals surface area contributed by atoms with Crippen LogP contribution in [0.5, 0.6) is 0 Å². The third kappa shape index (κ3) is 2.79. The molecule has 1 N–H and O–H groups in total. The second kappa shape index (κ2) is 5.49. The number of fused-ring (bicyclic) bond motifs is 1. The number of para-hydroxylation sites is 1. The summed E-state index contributed by atoms with van der Waals surface area (Å²) >= 11 is 9.25. The number of nitrogens with one attached hydrogen (secondary N) is 1. The van der Waals surface area contributed by atoms with E-state index in [0.29, 0.717) is 4.47 Å². The molecule has 0 atom stereocenters. The minimum absolute atomic E-state index is 0.198. The van der Waals surface area contributed by atoms with Gasteiger partial charge in [0.2, 0.25) is 0 Å². The molecule has 0 fully saturated rings. The van der Waals surface area contributed by atoms with Crippen molar-refractivity contribution in [3.63, 3.8) is 0 Å². The summed E-state index contributed by atoms with van der Waals surface area (Å²) in [6.45, 7) is 1.82. The standard InChI is InChI=1S/C12H9BrClN5O2S/c1-7-5-15-11-16-12(17-19(11)6-7)22(20,21)18-10-8(13)3-2-4-9(10)14/h2-6,18H,1H3. The van der Waals surface area contributed by atoms with E-state index in [1.807, 2.05) is 6.92 Å². The summed E-state index contributed by atoms with van der Waals surface area (Å²) in [6, 6.07) is 4.94. The highest BCUT2D eigenvalue weighted by Gasteiger charge is 2.23. The number of nitrogens with zero attached hydrogens (tertiary/aromatic N) is 4. The van der Waals surface area contributed by atoms with E-state index in [-0.39, 0.29) is 21.6 Å². The van der Waals surface area contributed by atoms with Gasteiger partial charge in [-0.05, 0) is 40.5 Å². The van der Waals surface area contributed by atoms with E-state index >= 15 is 0 Å². The lowest BCUT2D eigenvalue weighted by Gasteiger charge is -2.08. The van der Waals surface area contributed by atoms with Gasteiger partial charge in [-0.15, -0.1) is 5.10 Å². The molecule has 2 heterocycles. The zero-order valence-electron chi connectivity index (χ0n) is 11.2. The van der Waals surface area contributed by atoms with E-state index in [4.69, 9.17) is 11.6 Å². The maximum atomic E-state index is 12.4. The van der Waals surface area contributed by atoms with Gasteiger partial charge in [0.15, 0.2) is 0 Å². The number of anilines is 1. The molecule has 0 unspecified atom stereocenters. The third-order valence-electron chi connectivity index (χ3n) is 2.74. The predicted octanol–water partition coefficient (Wildman–Crippen LogP) is 2.65. The smallest absolute Gasteiger partial charge is 0.274 e. The van der Waals surface area contributed by atoms with Gasteiger partial charge in [0, 0.05) is 16.9 Å². The molecule has 114 valence electrons. The Kier molecular flexibility index (Phi) is 3.79. The Morgan fingerprint density at radius 3 is 2.86 bits per heavy atom. The summed E-state index contributed by atoms with van der Waals surface area (Å²) in [5.41, 5.74) is 1.07. The van der Waals surface area contributed by atoms with Crippen LogP contribution in [0, 0.1) is 6.92 Å². The minimum Gasteiger partial charge on any atom is -0.274 e. The summed E-state index contributed by atoms with van der Waals surface area (Å²) in [5.74, 6) is 0.198. The van der Waals surface area contributed by atoms with Gasteiger partial charge in [-0.2, -0.15) is 13.4 Å². The van der Waals surface area contributed by atoms with Crippen molar-refractivity contribution < 1.29 is 8.42 Å². The van der Waals surface area contributed by atoms with Crippen molar-refractivity contribution in [3.05, 3.63) is 45.7 Å². The summed E-state index contributed by atoms with van der Waals surface area (Å²) < 4.78 is 29.0. The first-order valence-electron chi connectivity index (χ1n) is 6.03. The highest BCUT2D eigenvalue weighted by molar-refractivity contribution is 9.10. The van der Waals surface area contributed by atoms with Crippen LogP contribution in [0.15, 0.2) is 40.2 Å². The molecule has 1 aromatic carbocycles. The Morgan fingerprint density at radius 2 is 2.14 bits per heavy atom. The molecule has 0 radical (unpaired) electrons. The lowest BCUT2D eigenvalue weighted by Crippen LogP contribution is -2.15. The summed E-state index contributed by atoms with van der Waals surface area (Å²) in [6.07, 6.45) is 3.22. The quantitative estimate of drug-likeness (QED) is 0.727. The number of benzene rings is 1. The van der Waals surface area contributed by atoms with Crippen LogP contribution in [0.2, 0.25) is 5.02 Å². The van der Waals surface area contributed by atoms with Crippen molar-refractivity contribution in [1.29, 1.82) is 0 Å². The third-order valence-corrected chi connectivity index (χ3v) is 4.85. The number of aryl methyl sites for hydroxylation is 1. The second-order valence-corrected chi connectivity index (χ2v) is 7.31. The predicted molar refractivity (Wildman–Crippen MR) is 85.5 cm³/mol. The van der Waals surface area contributed by atoms with Gasteiger partial charge in [-0.3, -0.25) is 4.72 Å². The Morgan fingerprint density at radius 1 is 1.36 bits per heavy atom. The summed E-state index contributed by atoms with van der Waals surface area (Å²) in [4.78, 5) is 7.93. The van der Waals surface area contributed by atoms with Crippen LogP contribution in [-0.2, 0) is 10.0 Å². The van der Waals surface area contributed by atoms with Crippen LogP contribution in [-0.4, -0.2) is 28.0 Å². The average Bonchev–Trinajstić information content (AvgIpc) is 2.87. The Balaban J connectivity index is 2.05. The molecule has 0 aliphatic rings. The fourth-order valence-corrected chi connectivity index (χ4v) is 3.71. The van der Waals surface area contributed by atoms with Crippen LogP contribution in [0.4, 0.5) is 5.69 Å². The molecule has 0 spiro atoms. The van der Waals surface area contributed by atoms with Crippen molar-refractivity contribution in [2.75, 3.05) is 4.72 Å². The Hall–Kier alpha value is -1.71. The monoisotopic (exact) mass is 401 g/mol. The molecule has 2 aromatic heterocycles. The lowest BCUT2D eigenvalue weighted by atomic mass is 10.3. The highest BCUT2D eigenvalue weighted by Crippen LogP contribution is 2.31. The van der Waals surface area contributed by atoms with Gasteiger partial charge in [-0.1, -0.05) is 17.7 Å². The van der Waals surface area contributed by atoms with Crippen LogP contribution in [0.25, 0.3) is 5.78 Å². The van der Waals surface area contributed by atoms with E-state index in [0.717, 1.165) is 5.56 Å². The first-order chi connectivity index (χ1) is 10.4. The van der Waals surface area contributed by atoms with Crippen molar-refractivity contribution >= 4 is 49.0 Å². The van der Waals surface area contributed by atoms with Crippen LogP contribution in [0.1, 0.15) is 5.56 Å². The van der Waals surface area contributed by atoms with Gasteiger partial charge in [0.25, 0.3) is 21.0 Å². The molecule has 0 aliphatic carbocycles. The highest BCUT2D eigenvalue weighted by atomic mass is 79.9. The fraction of sp³-hybridized carbons (Fsp3) is 0.0833. The van der Waals surface area contributed by atoms with E-state index < -0.39 is 10.0 Å². The normalized spacial score (nSPS) is 11.8. The maximum Gasteiger partial charge on any atom is 0.299 e. The minimum atomic E-state index is -3.98. The Bertz CT molecular complexity index is 953. The van der Waals surface area contributed by atoms with Crippen LogP contribution >= 0.6 is 27.5 Å². The van der Waals surface area contributed by atoms with Crippen molar-refractivity contribution in [2.24, 2.45) is 0 Å². The number of hydrogen-bond donors (Lipinski definition) is 1. The van der Waals surface area contributed by atoms with Gasteiger partial charge in [-0.25, -0.2) is 9.50 Å². The molecule has 0 aliphatic heterocycles. The number of sulfonamides is 1. The Labute approximate surface area is 139 Å². The molecule has 3 aromatic rings. The zero-order valence-corrected chi connectivity index (χ0v) is 14.3. The lowest BCUT2D eigenvalue weighted by molar-refractivity contribution is 0.592. The molecule has 7 nitrogen and oxygen atoms in total. The largest absolute Gasteiger partial charge is 0.299 e. The number of hydrogen-bond acceptors (Lipinski definition) is 5. The van der Waals surface area contributed by atoms with Crippen LogP contribution in [0.3, 0.4) is 0 Å². The van der Waals surface area contributed by atoms with Gasteiger partial charge < -0.3 is 0 Å². The van der Waals surface area contributed by atoms with Gasteiger partial charge in [0.1, 0.15) is 0 Å². The van der Waals surface area contributed by atoms with Gasteiger partial charge in [0.05, 0.1) is 10.7 Å². The van der Waals surface area contributed by atoms with E-state index in [1.54, 1.807) is 30.6 Å². The zero-order chi connectivity index (χ0) is 15.9. The van der Waals surface area contributed by atoms with Crippen molar-refractivity contribution in [3.8, 4) is 0 Å². The van der Waals surface area contributed by atoms with Crippen LogP contribution < -0.4 is 4.72 Å². The van der Waals surface area contributed by atoms with E-state index in [2.05, 4.69) is 35.7 Å². The number of halogens is 2. The molecular formula is C12H9BrClN5O2S. The average molecular weight is 403 g/mol. The molecular weight excluding hydrogens is 394 g/mol. The molecule has 0 bridgehead atoms. The molecule has 22 heavy (non-hydrogen) atoms. The molecule has 10 heteroatoms. The maximum absolute atomic E-state index is 12.4. The van der Waals surface area contributed by atoms with E-state index in [1.165, 1.54) is 4.52 Å². The molecule has 0 amide bonds.